The maximum atomic E-state index is 12.0. The molecule has 1 amide bonds. The Morgan fingerprint density at radius 3 is 2.29 bits per heavy atom. The molecule has 1 unspecified atom stereocenters. The van der Waals surface area contributed by atoms with Crippen molar-refractivity contribution < 1.29 is 18.0 Å². The number of amides is 1. The van der Waals surface area contributed by atoms with E-state index in [9.17, 15) is 18.0 Å². The van der Waals surface area contributed by atoms with Crippen LogP contribution in [0, 0.1) is 0 Å². The maximum Gasteiger partial charge on any atom is 0.406 e. The standard InChI is InChI=1S/C8H13BrF3NO/c1-3-4-13(5-8(10,11)12)7(14)6(2)9/h6H,3-5H2,1-2H3. The molecule has 2 nitrogen and oxygen atoms in total. The molecule has 0 aliphatic rings. The van der Waals surface area contributed by atoms with Crippen molar-refractivity contribution in [2.75, 3.05) is 13.1 Å². The molecule has 0 rings (SSSR count). The Labute approximate surface area is 89.6 Å². The van der Waals surface area contributed by atoms with Crippen molar-refractivity contribution in [3.05, 3.63) is 0 Å². The summed E-state index contributed by atoms with van der Waals surface area (Å²) in [5.41, 5.74) is 0. The third-order valence-electron chi connectivity index (χ3n) is 1.52. The van der Waals surface area contributed by atoms with Crippen molar-refractivity contribution in [2.24, 2.45) is 0 Å². The molecule has 0 fully saturated rings. The molecule has 6 heteroatoms. The van der Waals surface area contributed by atoms with Crippen LogP contribution in [0.25, 0.3) is 0 Å². The van der Waals surface area contributed by atoms with Gasteiger partial charge in [-0.1, -0.05) is 22.9 Å². The Hall–Kier alpha value is -0.260. The molecule has 0 aromatic heterocycles. The Morgan fingerprint density at radius 2 is 2.00 bits per heavy atom. The van der Waals surface area contributed by atoms with Crippen LogP contribution in [-0.4, -0.2) is 34.9 Å². The van der Waals surface area contributed by atoms with E-state index >= 15 is 0 Å². The van der Waals surface area contributed by atoms with Gasteiger partial charge in [0.1, 0.15) is 6.54 Å². The highest BCUT2D eigenvalue weighted by Gasteiger charge is 2.33. The van der Waals surface area contributed by atoms with Crippen LogP contribution in [0.5, 0.6) is 0 Å². The third kappa shape index (κ3) is 5.47. The van der Waals surface area contributed by atoms with E-state index in [0.29, 0.717) is 6.42 Å². The smallest absolute Gasteiger partial charge is 0.333 e. The Kier molecular flexibility index (Phi) is 5.48. The molecule has 0 spiro atoms. The molecule has 0 bridgehead atoms. The summed E-state index contributed by atoms with van der Waals surface area (Å²) in [4.78, 5) is 11.5. The van der Waals surface area contributed by atoms with Gasteiger partial charge in [0.2, 0.25) is 5.91 Å². The van der Waals surface area contributed by atoms with Crippen molar-refractivity contribution in [1.82, 2.24) is 4.90 Å². The first-order valence-electron chi connectivity index (χ1n) is 4.27. The van der Waals surface area contributed by atoms with E-state index in [0.717, 1.165) is 4.90 Å². The summed E-state index contributed by atoms with van der Waals surface area (Å²) in [6.07, 6.45) is -3.81. The summed E-state index contributed by atoms with van der Waals surface area (Å²) in [6.45, 7) is 2.21. The van der Waals surface area contributed by atoms with Crippen LogP contribution in [0.4, 0.5) is 13.2 Å². The summed E-state index contributed by atoms with van der Waals surface area (Å²) >= 11 is 2.96. The van der Waals surface area contributed by atoms with Crippen LogP contribution < -0.4 is 0 Å². The van der Waals surface area contributed by atoms with E-state index < -0.39 is 23.5 Å². The second-order valence-electron chi connectivity index (χ2n) is 2.99. The normalized spacial score (nSPS) is 13.9. The second-order valence-corrected chi connectivity index (χ2v) is 4.36. The number of nitrogens with zero attached hydrogens (tertiary/aromatic N) is 1. The highest BCUT2D eigenvalue weighted by Crippen LogP contribution is 2.18. The third-order valence-corrected chi connectivity index (χ3v) is 1.91. The maximum absolute atomic E-state index is 12.0. The average Bonchev–Trinajstić information content (AvgIpc) is 1.99. The van der Waals surface area contributed by atoms with Crippen LogP contribution >= 0.6 is 15.9 Å². The molecule has 0 N–H and O–H groups in total. The minimum absolute atomic E-state index is 0.133. The van der Waals surface area contributed by atoms with Crippen molar-refractivity contribution in [3.8, 4) is 0 Å². The topological polar surface area (TPSA) is 20.3 Å². The van der Waals surface area contributed by atoms with E-state index in [-0.39, 0.29) is 6.54 Å². The van der Waals surface area contributed by atoms with Crippen molar-refractivity contribution in [3.63, 3.8) is 0 Å². The van der Waals surface area contributed by atoms with E-state index in [1.807, 2.05) is 0 Å². The van der Waals surface area contributed by atoms with Gasteiger partial charge in [-0.25, -0.2) is 0 Å². The van der Waals surface area contributed by atoms with E-state index in [2.05, 4.69) is 15.9 Å². The molecule has 0 saturated carbocycles. The summed E-state index contributed by atoms with van der Waals surface area (Å²) in [5, 5.41) is 0. The zero-order valence-electron chi connectivity index (χ0n) is 8.07. The number of alkyl halides is 4. The molecule has 0 aromatic rings. The minimum atomic E-state index is -4.33. The lowest BCUT2D eigenvalue weighted by atomic mass is 10.3. The minimum Gasteiger partial charge on any atom is -0.333 e. The molecule has 14 heavy (non-hydrogen) atoms. The van der Waals surface area contributed by atoms with Crippen molar-refractivity contribution in [2.45, 2.75) is 31.3 Å². The second kappa shape index (κ2) is 5.58. The van der Waals surface area contributed by atoms with E-state index in [1.165, 1.54) is 6.92 Å². The van der Waals surface area contributed by atoms with Crippen LogP contribution in [0.2, 0.25) is 0 Å². The molecular weight excluding hydrogens is 263 g/mol. The van der Waals surface area contributed by atoms with Gasteiger partial charge in [0.25, 0.3) is 0 Å². The Balaban J connectivity index is 4.36. The van der Waals surface area contributed by atoms with Crippen LogP contribution in [-0.2, 0) is 4.79 Å². The Bertz CT molecular complexity index is 194. The summed E-state index contributed by atoms with van der Waals surface area (Å²) < 4.78 is 36.1. The van der Waals surface area contributed by atoms with Gasteiger partial charge in [-0.15, -0.1) is 0 Å². The van der Waals surface area contributed by atoms with Gasteiger partial charge in [0.15, 0.2) is 0 Å². The number of halogens is 4. The van der Waals surface area contributed by atoms with Gasteiger partial charge in [-0.3, -0.25) is 4.79 Å². The van der Waals surface area contributed by atoms with E-state index in [1.54, 1.807) is 6.92 Å². The fourth-order valence-electron chi connectivity index (χ4n) is 1.01. The summed E-state index contributed by atoms with van der Waals surface area (Å²) in [6, 6.07) is 0. The monoisotopic (exact) mass is 275 g/mol. The molecule has 0 aromatic carbocycles. The predicted molar refractivity (Wildman–Crippen MR) is 51.3 cm³/mol. The Morgan fingerprint density at radius 1 is 1.50 bits per heavy atom. The van der Waals surface area contributed by atoms with Gasteiger partial charge in [-0.05, 0) is 13.3 Å². The lowest BCUT2D eigenvalue weighted by molar-refractivity contribution is -0.160. The lowest BCUT2D eigenvalue weighted by Crippen LogP contribution is -2.42. The van der Waals surface area contributed by atoms with Gasteiger partial charge < -0.3 is 4.90 Å². The SMILES string of the molecule is CCCN(CC(F)(F)F)C(=O)C(C)Br. The number of carbonyl (C=O) groups is 1. The molecule has 1 atom stereocenters. The quantitative estimate of drug-likeness (QED) is 0.723. The number of hydrogen-bond donors (Lipinski definition) is 0. The molecule has 0 radical (unpaired) electrons. The largest absolute Gasteiger partial charge is 0.406 e. The fourth-order valence-corrected chi connectivity index (χ4v) is 1.29. The number of hydrogen-bond acceptors (Lipinski definition) is 1. The van der Waals surface area contributed by atoms with Crippen LogP contribution in [0.15, 0.2) is 0 Å². The zero-order valence-corrected chi connectivity index (χ0v) is 9.65. The van der Waals surface area contributed by atoms with Gasteiger partial charge in [0, 0.05) is 6.54 Å². The average molecular weight is 276 g/mol. The summed E-state index contributed by atoms with van der Waals surface area (Å²) in [5.74, 6) is -0.524. The van der Waals surface area contributed by atoms with Gasteiger partial charge >= 0.3 is 6.18 Å². The van der Waals surface area contributed by atoms with Crippen molar-refractivity contribution in [1.29, 1.82) is 0 Å². The molecular formula is C8H13BrF3NO. The highest BCUT2D eigenvalue weighted by molar-refractivity contribution is 9.10. The molecule has 0 heterocycles. The van der Waals surface area contributed by atoms with Gasteiger partial charge in [-0.2, -0.15) is 13.2 Å². The molecule has 0 saturated heterocycles. The summed E-state index contributed by atoms with van der Waals surface area (Å²) in [7, 11) is 0. The first-order chi connectivity index (χ1) is 6.28. The first kappa shape index (κ1) is 13.7. The lowest BCUT2D eigenvalue weighted by Gasteiger charge is -2.24. The molecule has 0 aliphatic heterocycles. The zero-order chi connectivity index (χ0) is 11.4. The predicted octanol–water partition coefficient (Wildman–Crippen LogP) is 2.57. The van der Waals surface area contributed by atoms with Gasteiger partial charge in [0.05, 0.1) is 4.83 Å². The van der Waals surface area contributed by atoms with Crippen LogP contribution in [0.1, 0.15) is 20.3 Å². The van der Waals surface area contributed by atoms with E-state index in [4.69, 9.17) is 0 Å². The van der Waals surface area contributed by atoms with Crippen LogP contribution in [0.3, 0.4) is 0 Å². The molecule has 0 aliphatic carbocycles. The fraction of sp³-hybridized carbons (Fsp3) is 0.875. The first-order valence-corrected chi connectivity index (χ1v) is 5.19. The number of carbonyl (C=O) groups excluding carboxylic acids is 1. The number of rotatable bonds is 4. The van der Waals surface area contributed by atoms with Crippen molar-refractivity contribution >= 4 is 21.8 Å². The highest BCUT2D eigenvalue weighted by atomic mass is 79.9. The molecule has 84 valence electrons.